The second-order valence-corrected chi connectivity index (χ2v) is 7.64. The molecule has 0 bridgehead atoms. The first-order valence-corrected chi connectivity index (χ1v) is 8.90. The zero-order valence-corrected chi connectivity index (χ0v) is 13.8. The topological polar surface area (TPSA) is 66.5 Å². The number of hydrogen-bond donors (Lipinski definition) is 1. The maximum absolute atomic E-state index is 12.6. The first-order chi connectivity index (χ1) is 10.4. The Morgan fingerprint density at radius 1 is 1.18 bits per heavy atom. The van der Waals surface area contributed by atoms with E-state index >= 15 is 0 Å². The van der Waals surface area contributed by atoms with Crippen molar-refractivity contribution in [1.82, 2.24) is 4.31 Å². The Balaban J connectivity index is 2.20. The Morgan fingerprint density at radius 2 is 1.86 bits per heavy atom. The van der Waals surface area contributed by atoms with Crippen LogP contribution in [0.25, 0.3) is 0 Å². The van der Waals surface area contributed by atoms with E-state index in [1.54, 1.807) is 18.2 Å². The third-order valence-corrected chi connectivity index (χ3v) is 5.37. The smallest absolute Gasteiger partial charge is 0.248 e. The van der Waals surface area contributed by atoms with Crippen molar-refractivity contribution >= 4 is 21.6 Å². The van der Waals surface area contributed by atoms with Gasteiger partial charge in [0.15, 0.2) is 0 Å². The SMILES string of the molecule is CC(C)=CC(=O)Nc1cccc(S(=O)(=O)N2CCCCC2)c1. The standard InChI is InChI=1S/C16H22N2O3S/c1-13(2)11-16(19)17-14-7-6-8-15(12-14)22(20,21)18-9-4-3-5-10-18/h6-8,11-12H,3-5,9-10H2,1-2H3,(H,17,19). The van der Waals surface area contributed by atoms with E-state index in [9.17, 15) is 13.2 Å². The maximum atomic E-state index is 12.6. The van der Waals surface area contributed by atoms with Crippen LogP contribution in [-0.4, -0.2) is 31.7 Å². The fourth-order valence-electron chi connectivity index (χ4n) is 2.43. The van der Waals surface area contributed by atoms with Crippen LogP contribution in [0.1, 0.15) is 33.1 Å². The van der Waals surface area contributed by atoms with Gasteiger partial charge in [-0.15, -0.1) is 0 Å². The van der Waals surface area contributed by atoms with Crippen LogP contribution in [0.5, 0.6) is 0 Å². The predicted molar refractivity (Wildman–Crippen MR) is 87.1 cm³/mol. The van der Waals surface area contributed by atoms with Gasteiger partial charge in [0.25, 0.3) is 0 Å². The van der Waals surface area contributed by atoms with Crippen molar-refractivity contribution in [2.45, 2.75) is 38.0 Å². The van der Waals surface area contributed by atoms with Gasteiger partial charge < -0.3 is 5.32 Å². The average molecular weight is 322 g/mol. The van der Waals surface area contributed by atoms with Gasteiger partial charge in [0.05, 0.1) is 4.90 Å². The first-order valence-electron chi connectivity index (χ1n) is 7.46. The summed E-state index contributed by atoms with van der Waals surface area (Å²) in [6.45, 7) is 4.79. The molecule has 6 heteroatoms. The van der Waals surface area contributed by atoms with Gasteiger partial charge in [0.1, 0.15) is 0 Å². The summed E-state index contributed by atoms with van der Waals surface area (Å²) in [7, 11) is -3.48. The molecule has 0 saturated carbocycles. The Hall–Kier alpha value is -1.66. The molecule has 0 radical (unpaired) electrons. The van der Waals surface area contributed by atoms with Crippen LogP contribution in [0, 0.1) is 0 Å². The van der Waals surface area contributed by atoms with Gasteiger partial charge in [-0.3, -0.25) is 4.79 Å². The van der Waals surface area contributed by atoms with Crippen LogP contribution in [0.3, 0.4) is 0 Å². The van der Waals surface area contributed by atoms with Crippen LogP contribution >= 0.6 is 0 Å². The van der Waals surface area contributed by atoms with E-state index in [2.05, 4.69) is 5.32 Å². The predicted octanol–water partition coefficient (Wildman–Crippen LogP) is 2.77. The normalized spacial score (nSPS) is 16.1. The molecule has 1 amide bonds. The number of carbonyl (C=O) groups excluding carboxylic acids is 1. The molecule has 0 unspecified atom stereocenters. The second kappa shape index (κ2) is 7.07. The van der Waals surface area contributed by atoms with Gasteiger partial charge in [0, 0.05) is 24.9 Å². The molecule has 1 aliphatic heterocycles. The summed E-state index contributed by atoms with van der Waals surface area (Å²) >= 11 is 0. The molecule has 1 aromatic rings. The van der Waals surface area contributed by atoms with Crippen molar-refractivity contribution in [3.63, 3.8) is 0 Å². The highest BCUT2D eigenvalue weighted by atomic mass is 32.2. The van der Waals surface area contributed by atoms with E-state index < -0.39 is 10.0 Å². The third kappa shape index (κ3) is 4.18. The summed E-state index contributed by atoms with van der Waals surface area (Å²) in [5.41, 5.74) is 1.37. The second-order valence-electron chi connectivity index (χ2n) is 5.70. The van der Waals surface area contributed by atoms with E-state index in [-0.39, 0.29) is 10.8 Å². The Bertz CT molecular complexity index is 670. The van der Waals surface area contributed by atoms with Gasteiger partial charge in [-0.2, -0.15) is 4.31 Å². The van der Waals surface area contributed by atoms with E-state index in [0.717, 1.165) is 24.8 Å². The number of piperidine rings is 1. The van der Waals surface area contributed by atoms with Gasteiger partial charge >= 0.3 is 0 Å². The van der Waals surface area contributed by atoms with Crippen molar-refractivity contribution in [2.24, 2.45) is 0 Å². The number of amides is 1. The van der Waals surface area contributed by atoms with Crippen molar-refractivity contribution in [2.75, 3.05) is 18.4 Å². The molecule has 5 nitrogen and oxygen atoms in total. The average Bonchev–Trinajstić information content (AvgIpc) is 2.47. The number of anilines is 1. The molecule has 120 valence electrons. The summed E-state index contributed by atoms with van der Waals surface area (Å²) in [6.07, 6.45) is 4.35. The summed E-state index contributed by atoms with van der Waals surface area (Å²) in [5, 5.41) is 2.69. The molecular weight excluding hydrogens is 300 g/mol. The minimum Gasteiger partial charge on any atom is -0.322 e. The van der Waals surface area contributed by atoms with Gasteiger partial charge in [0.2, 0.25) is 15.9 Å². The largest absolute Gasteiger partial charge is 0.322 e. The Kier molecular flexibility index (Phi) is 5.37. The molecule has 2 rings (SSSR count). The van der Waals surface area contributed by atoms with Crippen molar-refractivity contribution < 1.29 is 13.2 Å². The van der Waals surface area contributed by atoms with Gasteiger partial charge in [-0.25, -0.2) is 8.42 Å². The molecule has 0 aromatic heterocycles. The molecule has 22 heavy (non-hydrogen) atoms. The highest BCUT2D eigenvalue weighted by Crippen LogP contribution is 2.22. The molecular formula is C16H22N2O3S. The Labute approximate surface area is 132 Å². The molecule has 1 aromatic carbocycles. The summed E-state index contributed by atoms with van der Waals surface area (Å²) in [5.74, 6) is -0.257. The number of nitrogens with one attached hydrogen (secondary N) is 1. The lowest BCUT2D eigenvalue weighted by Crippen LogP contribution is -2.35. The Morgan fingerprint density at radius 3 is 2.50 bits per heavy atom. The van der Waals surface area contributed by atoms with Crippen LogP contribution in [0.4, 0.5) is 5.69 Å². The van der Waals surface area contributed by atoms with Crippen molar-refractivity contribution in [3.05, 3.63) is 35.9 Å². The zero-order valence-electron chi connectivity index (χ0n) is 13.0. The fourth-order valence-corrected chi connectivity index (χ4v) is 3.99. The van der Waals surface area contributed by atoms with Crippen molar-refractivity contribution in [3.8, 4) is 0 Å². The third-order valence-electron chi connectivity index (χ3n) is 3.47. The molecule has 0 spiro atoms. The van der Waals surface area contributed by atoms with Crippen LogP contribution < -0.4 is 5.32 Å². The monoisotopic (exact) mass is 322 g/mol. The number of allylic oxidation sites excluding steroid dienone is 1. The number of sulfonamides is 1. The quantitative estimate of drug-likeness (QED) is 0.867. The number of nitrogens with zero attached hydrogens (tertiary/aromatic N) is 1. The molecule has 1 heterocycles. The fraction of sp³-hybridized carbons (Fsp3) is 0.438. The van der Waals surface area contributed by atoms with Gasteiger partial charge in [-0.05, 0) is 44.9 Å². The van der Waals surface area contributed by atoms with E-state index in [1.807, 2.05) is 13.8 Å². The van der Waals surface area contributed by atoms with Crippen LogP contribution in [-0.2, 0) is 14.8 Å². The number of carbonyl (C=O) groups is 1. The zero-order chi connectivity index (χ0) is 16.2. The van der Waals surface area contributed by atoms with E-state index in [1.165, 1.54) is 16.4 Å². The highest BCUT2D eigenvalue weighted by Gasteiger charge is 2.25. The lowest BCUT2D eigenvalue weighted by molar-refractivity contribution is -0.111. The molecule has 1 saturated heterocycles. The maximum Gasteiger partial charge on any atom is 0.248 e. The molecule has 0 atom stereocenters. The minimum absolute atomic E-state index is 0.226. The molecule has 0 aliphatic carbocycles. The minimum atomic E-state index is -3.48. The number of rotatable bonds is 4. The van der Waals surface area contributed by atoms with E-state index in [4.69, 9.17) is 0 Å². The molecule has 1 fully saturated rings. The van der Waals surface area contributed by atoms with Crippen LogP contribution in [0.2, 0.25) is 0 Å². The van der Waals surface area contributed by atoms with Crippen molar-refractivity contribution in [1.29, 1.82) is 0 Å². The summed E-state index contributed by atoms with van der Waals surface area (Å²) in [6, 6.07) is 6.42. The number of benzene rings is 1. The van der Waals surface area contributed by atoms with Crippen LogP contribution in [0.15, 0.2) is 40.8 Å². The summed E-state index contributed by atoms with van der Waals surface area (Å²) in [4.78, 5) is 12.0. The van der Waals surface area contributed by atoms with Gasteiger partial charge in [-0.1, -0.05) is 18.1 Å². The molecule has 1 aliphatic rings. The first kappa shape index (κ1) is 16.7. The lowest BCUT2D eigenvalue weighted by Gasteiger charge is -2.26. The lowest BCUT2D eigenvalue weighted by atomic mass is 10.2. The highest BCUT2D eigenvalue weighted by molar-refractivity contribution is 7.89. The summed E-state index contributed by atoms with van der Waals surface area (Å²) < 4.78 is 26.7. The van der Waals surface area contributed by atoms with E-state index in [0.29, 0.717) is 18.8 Å². The molecule has 1 N–H and O–H groups in total. The number of hydrogen-bond acceptors (Lipinski definition) is 3.